The maximum atomic E-state index is 13.7. The van der Waals surface area contributed by atoms with Gasteiger partial charge >= 0.3 is 0 Å². The summed E-state index contributed by atoms with van der Waals surface area (Å²) in [5.41, 5.74) is 2.29. The number of carbonyl (C=O) groups is 2. The van der Waals surface area contributed by atoms with Crippen molar-refractivity contribution in [2.75, 3.05) is 23.3 Å². The van der Waals surface area contributed by atoms with Crippen molar-refractivity contribution in [2.45, 2.75) is 18.4 Å². The van der Waals surface area contributed by atoms with E-state index in [2.05, 4.69) is 15.6 Å². The summed E-state index contributed by atoms with van der Waals surface area (Å²) < 4.78 is 33.7. The van der Waals surface area contributed by atoms with Crippen LogP contribution in [0.2, 0.25) is 0 Å². The molecular weight excluding hydrogens is 516 g/mol. The van der Waals surface area contributed by atoms with Crippen molar-refractivity contribution in [2.24, 2.45) is 0 Å². The van der Waals surface area contributed by atoms with E-state index >= 15 is 0 Å². The van der Waals surface area contributed by atoms with Crippen molar-refractivity contribution in [3.05, 3.63) is 114 Å². The van der Waals surface area contributed by atoms with Gasteiger partial charge in [-0.15, -0.1) is 0 Å². The molecule has 0 unspecified atom stereocenters. The molecule has 0 aliphatic rings. The van der Waals surface area contributed by atoms with E-state index in [1.54, 1.807) is 86.0 Å². The SMILES string of the molecule is COc1ccc(S(=O)(=O)N(CC(=O)Nc2ccccc2C(=O)NCc2cccnc2)c2ccccc2)cc1C. The Kier molecular flexibility index (Phi) is 8.57. The third kappa shape index (κ3) is 6.60. The summed E-state index contributed by atoms with van der Waals surface area (Å²) in [4.78, 5) is 30.2. The zero-order valence-corrected chi connectivity index (χ0v) is 22.3. The maximum absolute atomic E-state index is 13.7. The fourth-order valence-electron chi connectivity index (χ4n) is 3.94. The van der Waals surface area contributed by atoms with E-state index in [1.807, 2.05) is 6.07 Å². The number of sulfonamides is 1. The van der Waals surface area contributed by atoms with Crippen LogP contribution in [-0.2, 0) is 21.4 Å². The maximum Gasteiger partial charge on any atom is 0.264 e. The minimum absolute atomic E-state index is 0.0210. The topological polar surface area (TPSA) is 118 Å². The highest BCUT2D eigenvalue weighted by Gasteiger charge is 2.28. The predicted molar refractivity (Wildman–Crippen MR) is 149 cm³/mol. The molecule has 0 atom stereocenters. The first-order chi connectivity index (χ1) is 18.8. The van der Waals surface area contributed by atoms with Gasteiger partial charge < -0.3 is 15.4 Å². The number of hydrogen-bond acceptors (Lipinski definition) is 6. The number of ether oxygens (including phenoxy) is 1. The van der Waals surface area contributed by atoms with Gasteiger partial charge in [-0.25, -0.2) is 8.42 Å². The number of nitrogens with one attached hydrogen (secondary N) is 2. The van der Waals surface area contributed by atoms with Gasteiger partial charge in [0.1, 0.15) is 12.3 Å². The minimum Gasteiger partial charge on any atom is -0.496 e. The first-order valence-electron chi connectivity index (χ1n) is 12.1. The summed E-state index contributed by atoms with van der Waals surface area (Å²) in [7, 11) is -2.61. The Morgan fingerprint density at radius 1 is 0.949 bits per heavy atom. The van der Waals surface area contributed by atoms with Gasteiger partial charge in [-0.2, -0.15) is 0 Å². The third-order valence-electron chi connectivity index (χ3n) is 5.91. The van der Waals surface area contributed by atoms with E-state index in [-0.39, 0.29) is 22.7 Å². The lowest BCUT2D eigenvalue weighted by atomic mass is 10.1. The number of hydrogen-bond donors (Lipinski definition) is 2. The number of para-hydroxylation sites is 2. The highest BCUT2D eigenvalue weighted by atomic mass is 32.2. The lowest BCUT2D eigenvalue weighted by molar-refractivity contribution is -0.114. The average Bonchev–Trinajstić information content (AvgIpc) is 2.95. The van der Waals surface area contributed by atoms with E-state index in [4.69, 9.17) is 4.74 Å². The molecule has 0 saturated carbocycles. The standard InChI is InChI=1S/C29H28N4O5S/c1-21-17-24(14-15-27(21)38-2)39(36,37)33(23-10-4-3-5-11-23)20-28(34)32-26-13-7-6-12-25(26)29(35)31-19-22-9-8-16-30-18-22/h3-18H,19-20H2,1-2H3,(H,31,35)(H,32,34). The number of pyridine rings is 1. The molecule has 0 aliphatic carbocycles. The second-order valence-corrected chi connectivity index (χ2v) is 10.5. The van der Waals surface area contributed by atoms with Gasteiger partial charge in [0.05, 0.1) is 28.9 Å². The van der Waals surface area contributed by atoms with Crippen molar-refractivity contribution in [1.29, 1.82) is 0 Å². The number of nitrogens with zero attached hydrogens (tertiary/aromatic N) is 2. The molecular formula is C29H28N4O5S. The highest BCUT2D eigenvalue weighted by Crippen LogP contribution is 2.27. The predicted octanol–water partition coefficient (Wildman–Crippen LogP) is 4.16. The van der Waals surface area contributed by atoms with Crippen LogP contribution < -0.4 is 19.7 Å². The lowest BCUT2D eigenvalue weighted by Gasteiger charge is -2.24. The summed E-state index contributed by atoms with van der Waals surface area (Å²) >= 11 is 0. The molecule has 2 amide bonds. The molecule has 4 aromatic rings. The van der Waals surface area contributed by atoms with Crippen LogP contribution >= 0.6 is 0 Å². The van der Waals surface area contributed by atoms with Gasteiger partial charge in [-0.1, -0.05) is 36.4 Å². The van der Waals surface area contributed by atoms with E-state index in [9.17, 15) is 18.0 Å². The van der Waals surface area contributed by atoms with Gasteiger partial charge in [-0.05, 0) is 66.6 Å². The van der Waals surface area contributed by atoms with Crippen LogP contribution in [0, 0.1) is 6.92 Å². The van der Waals surface area contributed by atoms with Gasteiger partial charge in [0.15, 0.2) is 0 Å². The molecule has 2 N–H and O–H groups in total. The number of rotatable bonds is 10. The Labute approximate surface area is 227 Å². The average molecular weight is 545 g/mol. The van der Waals surface area contributed by atoms with Crippen molar-refractivity contribution in [1.82, 2.24) is 10.3 Å². The largest absolute Gasteiger partial charge is 0.496 e. The molecule has 200 valence electrons. The fraction of sp³-hybridized carbons (Fsp3) is 0.138. The summed E-state index contributed by atoms with van der Waals surface area (Å²) in [6.45, 7) is 1.49. The fourth-order valence-corrected chi connectivity index (χ4v) is 5.45. The Morgan fingerprint density at radius 3 is 2.38 bits per heavy atom. The minimum atomic E-state index is -4.12. The number of aromatic nitrogens is 1. The van der Waals surface area contributed by atoms with Crippen LogP contribution in [0.25, 0.3) is 0 Å². The molecule has 1 aromatic heterocycles. The number of aryl methyl sites for hydroxylation is 1. The normalized spacial score (nSPS) is 10.9. The van der Waals surface area contributed by atoms with Crippen molar-refractivity contribution < 1.29 is 22.7 Å². The summed E-state index contributed by atoms with van der Waals surface area (Å²) in [6.07, 6.45) is 3.29. The summed E-state index contributed by atoms with van der Waals surface area (Å²) in [5, 5.41) is 5.51. The van der Waals surface area contributed by atoms with Crippen LogP contribution in [0.4, 0.5) is 11.4 Å². The van der Waals surface area contributed by atoms with E-state index in [1.165, 1.54) is 19.2 Å². The number of methoxy groups -OCH3 is 1. The number of benzene rings is 3. The third-order valence-corrected chi connectivity index (χ3v) is 7.68. The smallest absolute Gasteiger partial charge is 0.264 e. The van der Waals surface area contributed by atoms with Gasteiger partial charge in [-0.3, -0.25) is 18.9 Å². The molecule has 10 heteroatoms. The van der Waals surface area contributed by atoms with Crippen LogP contribution in [0.15, 0.2) is 102 Å². The Balaban J connectivity index is 1.56. The molecule has 4 rings (SSSR count). The van der Waals surface area contributed by atoms with E-state index in [0.29, 0.717) is 17.0 Å². The molecule has 39 heavy (non-hydrogen) atoms. The quantitative estimate of drug-likeness (QED) is 0.310. The Bertz CT molecular complexity index is 1560. The van der Waals surface area contributed by atoms with E-state index in [0.717, 1.165) is 9.87 Å². The second-order valence-electron chi connectivity index (χ2n) is 8.62. The molecule has 9 nitrogen and oxygen atoms in total. The summed E-state index contributed by atoms with van der Waals surface area (Å²) in [6, 6.07) is 23.0. The van der Waals surface area contributed by atoms with Gasteiger partial charge in [0.2, 0.25) is 5.91 Å². The van der Waals surface area contributed by atoms with Crippen LogP contribution in [0.3, 0.4) is 0 Å². The molecule has 0 fully saturated rings. The zero-order valence-electron chi connectivity index (χ0n) is 21.5. The monoisotopic (exact) mass is 544 g/mol. The number of amides is 2. The second kappa shape index (κ2) is 12.2. The van der Waals surface area contributed by atoms with Crippen LogP contribution in [-0.4, -0.2) is 38.9 Å². The molecule has 1 heterocycles. The van der Waals surface area contributed by atoms with Gasteiger partial charge in [0, 0.05) is 18.9 Å². The molecule has 0 saturated heterocycles. The molecule has 0 aliphatic heterocycles. The van der Waals surface area contributed by atoms with Crippen molar-refractivity contribution in [3.8, 4) is 5.75 Å². The molecule has 0 radical (unpaired) electrons. The Hall–Kier alpha value is -4.70. The van der Waals surface area contributed by atoms with E-state index < -0.39 is 28.4 Å². The highest BCUT2D eigenvalue weighted by molar-refractivity contribution is 7.92. The zero-order chi connectivity index (χ0) is 27.8. The lowest BCUT2D eigenvalue weighted by Crippen LogP contribution is -2.38. The molecule has 3 aromatic carbocycles. The molecule has 0 spiro atoms. The number of carbonyl (C=O) groups excluding carboxylic acids is 2. The van der Waals surface area contributed by atoms with Gasteiger partial charge in [0.25, 0.3) is 15.9 Å². The van der Waals surface area contributed by atoms with Crippen molar-refractivity contribution >= 4 is 33.2 Å². The molecule has 0 bridgehead atoms. The first-order valence-corrected chi connectivity index (χ1v) is 13.5. The Morgan fingerprint density at radius 2 is 1.69 bits per heavy atom. The first kappa shape index (κ1) is 27.3. The summed E-state index contributed by atoms with van der Waals surface area (Å²) in [5.74, 6) is -0.451. The number of anilines is 2. The van der Waals surface area contributed by atoms with Crippen LogP contribution in [0.5, 0.6) is 5.75 Å². The van der Waals surface area contributed by atoms with Crippen LogP contribution in [0.1, 0.15) is 21.5 Å². The van der Waals surface area contributed by atoms with Crippen molar-refractivity contribution in [3.63, 3.8) is 0 Å².